The molecule has 1 N–H and O–H groups in total. The van der Waals surface area contributed by atoms with E-state index in [2.05, 4.69) is 12.2 Å². The zero-order valence-electron chi connectivity index (χ0n) is 6.44. The Bertz CT molecular complexity index is 42.2. The van der Waals surface area contributed by atoms with E-state index in [0.717, 1.165) is 5.88 Å². The summed E-state index contributed by atoms with van der Waals surface area (Å²) >= 11 is 1.98. The minimum atomic E-state index is 1.10. The summed E-state index contributed by atoms with van der Waals surface area (Å²) in [4.78, 5) is 0. The Hall–Kier alpha value is 0.310. The monoisotopic (exact) mass is 147 g/mol. The Kier molecular flexibility index (Phi) is 8.60. The van der Waals surface area contributed by atoms with Crippen LogP contribution in [0.1, 0.15) is 26.2 Å². The minimum absolute atomic E-state index is 1.10. The van der Waals surface area contributed by atoms with Crippen LogP contribution in [0, 0.1) is 0 Å². The van der Waals surface area contributed by atoms with Crippen molar-refractivity contribution in [1.82, 2.24) is 5.32 Å². The van der Waals surface area contributed by atoms with Gasteiger partial charge in [0.15, 0.2) is 0 Å². The predicted octanol–water partition coefficient (Wildman–Crippen LogP) is 2.09. The van der Waals surface area contributed by atoms with Gasteiger partial charge in [-0.25, -0.2) is 0 Å². The lowest BCUT2D eigenvalue weighted by Crippen LogP contribution is -2.03. The van der Waals surface area contributed by atoms with E-state index in [9.17, 15) is 0 Å². The van der Waals surface area contributed by atoms with Crippen LogP contribution < -0.4 is 5.32 Å². The summed E-state index contributed by atoms with van der Waals surface area (Å²) in [6.45, 7) is 2.24. The summed E-state index contributed by atoms with van der Waals surface area (Å²) in [6.07, 6.45) is 4.10. The molecule has 0 unspecified atom stereocenters. The second-order valence-electron chi connectivity index (χ2n) is 2.11. The molecule has 0 aromatic heterocycles. The van der Waals surface area contributed by atoms with Gasteiger partial charge in [-0.3, -0.25) is 0 Å². The molecule has 0 heterocycles. The van der Waals surface area contributed by atoms with Gasteiger partial charge in [-0.1, -0.05) is 19.8 Å². The van der Waals surface area contributed by atoms with Crippen LogP contribution in [0.5, 0.6) is 0 Å². The van der Waals surface area contributed by atoms with Gasteiger partial charge in [0.2, 0.25) is 0 Å². The van der Waals surface area contributed by atoms with Crippen LogP contribution in [0.4, 0.5) is 0 Å². The largest absolute Gasteiger partial charge is 0.311 e. The van der Waals surface area contributed by atoms with Crippen molar-refractivity contribution < 1.29 is 0 Å². The second-order valence-corrected chi connectivity index (χ2v) is 3.22. The molecule has 0 atom stereocenters. The first kappa shape index (κ1) is 9.31. The van der Waals surface area contributed by atoms with E-state index in [1.54, 1.807) is 0 Å². The minimum Gasteiger partial charge on any atom is -0.311 e. The zero-order valence-corrected chi connectivity index (χ0v) is 7.26. The molecule has 0 fully saturated rings. The molecule has 0 spiro atoms. The Morgan fingerprint density at radius 3 is 2.67 bits per heavy atom. The predicted molar refractivity (Wildman–Crippen MR) is 45.9 cm³/mol. The van der Waals surface area contributed by atoms with Crippen LogP contribution in [0.15, 0.2) is 0 Å². The molecule has 0 amide bonds. The lowest BCUT2D eigenvalue weighted by Gasteiger charge is -1.97. The van der Waals surface area contributed by atoms with Gasteiger partial charge in [0.05, 0.1) is 0 Å². The normalized spacial score (nSPS) is 10.0. The van der Waals surface area contributed by atoms with Crippen LogP contribution in [0.25, 0.3) is 0 Å². The first-order valence-corrected chi connectivity index (χ1v) is 4.79. The van der Waals surface area contributed by atoms with Crippen LogP contribution in [0.3, 0.4) is 0 Å². The van der Waals surface area contributed by atoms with Crippen molar-refractivity contribution in [1.29, 1.82) is 0 Å². The molecule has 0 bridgehead atoms. The molecule has 0 radical (unpaired) electrons. The van der Waals surface area contributed by atoms with Crippen LogP contribution >= 0.6 is 11.8 Å². The van der Waals surface area contributed by atoms with Gasteiger partial charge in [0.25, 0.3) is 0 Å². The first-order chi connectivity index (χ1) is 4.41. The topological polar surface area (TPSA) is 12.0 Å². The lowest BCUT2D eigenvalue weighted by atomic mass is 10.3. The Balaban J connectivity index is 2.60. The number of hydrogen-bond donors (Lipinski definition) is 1. The fourth-order valence-corrected chi connectivity index (χ4v) is 1.39. The number of thioether (sulfide) groups is 1. The molecule has 0 aromatic rings. The lowest BCUT2D eigenvalue weighted by molar-refractivity contribution is 0.778. The average molecular weight is 147 g/mol. The summed E-state index contributed by atoms with van der Waals surface area (Å²) in [6, 6.07) is 0. The van der Waals surface area contributed by atoms with Gasteiger partial charge in [-0.15, -0.1) is 11.8 Å². The highest BCUT2D eigenvalue weighted by Gasteiger charge is 1.85. The summed E-state index contributed by atoms with van der Waals surface area (Å²) in [5.74, 6) is 2.42. The van der Waals surface area contributed by atoms with E-state index < -0.39 is 0 Å². The highest BCUT2D eigenvalue weighted by atomic mass is 32.2. The number of rotatable bonds is 6. The third-order valence-corrected chi connectivity index (χ3v) is 2.21. The highest BCUT2D eigenvalue weighted by Crippen LogP contribution is 2.03. The Morgan fingerprint density at radius 1 is 1.33 bits per heavy atom. The van der Waals surface area contributed by atoms with E-state index in [0.29, 0.717) is 0 Å². The van der Waals surface area contributed by atoms with Gasteiger partial charge in [0, 0.05) is 5.88 Å². The summed E-state index contributed by atoms with van der Waals surface area (Å²) in [5, 5.41) is 3.11. The van der Waals surface area contributed by atoms with Crippen LogP contribution in [-0.4, -0.2) is 18.7 Å². The van der Waals surface area contributed by atoms with Gasteiger partial charge >= 0.3 is 0 Å². The molecule has 2 heteroatoms. The molecule has 56 valence electrons. The molecule has 0 aliphatic rings. The molecule has 0 rings (SSSR count). The van der Waals surface area contributed by atoms with E-state index in [1.807, 2.05) is 18.8 Å². The molecule has 0 aromatic carbocycles. The molecule has 0 aliphatic heterocycles. The van der Waals surface area contributed by atoms with Crippen molar-refractivity contribution in [3.63, 3.8) is 0 Å². The van der Waals surface area contributed by atoms with Crippen molar-refractivity contribution in [2.45, 2.75) is 26.2 Å². The van der Waals surface area contributed by atoms with Gasteiger partial charge in [0.1, 0.15) is 0 Å². The standard InChI is InChI=1S/C7H17NS/c1-3-4-5-6-9-7-8-2/h8H,3-7H2,1-2H3. The quantitative estimate of drug-likeness (QED) is 0.456. The van der Waals surface area contributed by atoms with Gasteiger partial charge < -0.3 is 5.32 Å². The molecule has 0 aliphatic carbocycles. The van der Waals surface area contributed by atoms with Crippen molar-refractivity contribution in [2.24, 2.45) is 0 Å². The van der Waals surface area contributed by atoms with Gasteiger partial charge in [-0.05, 0) is 19.2 Å². The molecule has 0 saturated carbocycles. The SMILES string of the molecule is CCCCCSCNC. The zero-order chi connectivity index (χ0) is 6.95. The van der Waals surface area contributed by atoms with Crippen molar-refractivity contribution >= 4 is 11.8 Å². The summed E-state index contributed by atoms with van der Waals surface area (Å²) in [5.41, 5.74) is 0. The molecule has 0 saturated heterocycles. The third kappa shape index (κ3) is 8.31. The van der Waals surface area contributed by atoms with Gasteiger partial charge in [-0.2, -0.15) is 0 Å². The van der Waals surface area contributed by atoms with E-state index in [-0.39, 0.29) is 0 Å². The molecular weight excluding hydrogens is 130 g/mol. The maximum atomic E-state index is 3.11. The van der Waals surface area contributed by atoms with E-state index in [1.165, 1.54) is 25.0 Å². The maximum absolute atomic E-state index is 3.11. The van der Waals surface area contributed by atoms with E-state index in [4.69, 9.17) is 0 Å². The fraction of sp³-hybridized carbons (Fsp3) is 1.00. The molecule has 1 nitrogen and oxygen atoms in total. The first-order valence-electron chi connectivity index (χ1n) is 3.64. The Morgan fingerprint density at radius 2 is 2.11 bits per heavy atom. The smallest absolute Gasteiger partial charge is 0.0415 e. The fourth-order valence-electron chi connectivity index (χ4n) is 0.628. The van der Waals surface area contributed by atoms with Crippen molar-refractivity contribution in [2.75, 3.05) is 18.7 Å². The maximum Gasteiger partial charge on any atom is 0.0415 e. The average Bonchev–Trinajstić information content (AvgIpc) is 1.89. The summed E-state index contributed by atoms with van der Waals surface area (Å²) in [7, 11) is 1.99. The van der Waals surface area contributed by atoms with E-state index >= 15 is 0 Å². The van der Waals surface area contributed by atoms with Crippen molar-refractivity contribution in [3.8, 4) is 0 Å². The highest BCUT2D eigenvalue weighted by molar-refractivity contribution is 7.99. The summed E-state index contributed by atoms with van der Waals surface area (Å²) < 4.78 is 0. The van der Waals surface area contributed by atoms with Crippen molar-refractivity contribution in [3.05, 3.63) is 0 Å². The molecule has 9 heavy (non-hydrogen) atoms. The molecular formula is C7H17NS. The third-order valence-electron chi connectivity index (χ3n) is 1.14. The van der Waals surface area contributed by atoms with Crippen LogP contribution in [-0.2, 0) is 0 Å². The Labute approximate surface area is 62.6 Å². The number of unbranched alkanes of at least 4 members (excludes halogenated alkanes) is 2. The second kappa shape index (κ2) is 8.31. The number of nitrogens with one attached hydrogen (secondary N) is 1. The number of hydrogen-bond acceptors (Lipinski definition) is 2. The van der Waals surface area contributed by atoms with Crippen LogP contribution in [0.2, 0.25) is 0 Å².